The van der Waals surface area contributed by atoms with Gasteiger partial charge in [0, 0.05) is 25.4 Å². The second kappa shape index (κ2) is 6.13. The second-order valence-corrected chi connectivity index (χ2v) is 7.04. The van der Waals surface area contributed by atoms with Gasteiger partial charge in [-0.3, -0.25) is 9.69 Å². The minimum absolute atomic E-state index is 0.0904. The van der Waals surface area contributed by atoms with E-state index in [-0.39, 0.29) is 17.2 Å². The molecular formula is C15H26N4O2. The molecule has 0 N–H and O–H groups in total. The first-order valence-electron chi connectivity index (χ1n) is 7.54. The van der Waals surface area contributed by atoms with Crippen molar-refractivity contribution in [3.63, 3.8) is 0 Å². The second-order valence-electron chi connectivity index (χ2n) is 7.04. The maximum atomic E-state index is 11.9. The summed E-state index contributed by atoms with van der Waals surface area (Å²) in [7, 11) is 3.64. The molecular weight excluding hydrogens is 268 g/mol. The van der Waals surface area contributed by atoms with Crippen LogP contribution in [0.4, 0.5) is 0 Å². The number of amides is 1. The molecule has 1 amide bonds. The summed E-state index contributed by atoms with van der Waals surface area (Å²) in [5.74, 6) is 1.80. The van der Waals surface area contributed by atoms with E-state index in [9.17, 15) is 4.79 Å². The van der Waals surface area contributed by atoms with Crippen LogP contribution in [0.3, 0.4) is 0 Å². The number of aromatic nitrogens is 2. The van der Waals surface area contributed by atoms with Crippen LogP contribution in [0.15, 0.2) is 4.52 Å². The van der Waals surface area contributed by atoms with Crippen molar-refractivity contribution in [1.82, 2.24) is 19.9 Å². The molecule has 2 heterocycles. The fourth-order valence-electron chi connectivity index (χ4n) is 2.52. The van der Waals surface area contributed by atoms with E-state index in [1.165, 1.54) is 0 Å². The normalized spacial score (nSPS) is 18.0. The van der Waals surface area contributed by atoms with E-state index in [4.69, 9.17) is 4.52 Å². The van der Waals surface area contributed by atoms with Crippen LogP contribution in [-0.2, 0) is 16.8 Å². The Labute approximate surface area is 126 Å². The van der Waals surface area contributed by atoms with Gasteiger partial charge in [0.1, 0.15) is 0 Å². The first-order chi connectivity index (χ1) is 9.77. The van der Waals surface area contributed by atoms with Crippen LogP contribution in [0.5, 0.6) is 0 Å². The largest absolute Gasteiger partial charge is 0.349 e. The number of piperidine rings is 1. The fourth-order valence-corrected chi connectivity index (χ4v) is 2.52. The monoisotopic (exact) mass is 294 g/mol. The highest BCUT2D eigenvalue weighted by molar-refractivity contribution is 5.78. The van der Waals surface area contributed by atoms with Gasteiger partial charge in [-0.15, -0.1) is 0 Å². The standard InChI is InChI=1S/C15H26N4O2/c1-15(2,3)14-16-12(21-17-14)10-19-8-6-11(7-9-19)13(20)18(4)5/h11H,6-10H2,1-5H3. The smallest absolute Gasteiger partial charge is 0.240 e. The molecule has 0 spiro atoms. The Morgan fingerprint density at radius 3 is 2.43 bits per heavy atom. The summed E-state index contributed by atoms with van der Waals surface area (Å²) in [6.07, 6.45) is 1.80. The predicted molar refractivity (Wildman–Crippen MR) is 79.7 cm³/mol. The van der Waals surface area contributed by atoms with E-state index in [0.29, 0.717) is 12.4 Å². The lowest BCUT2D eigenvalue weighted by molar-refractivity contribution is -0.134. The molecule has 1 saturated heterocycles. The Bertz CT molecular complexity index is 482. The molecule has 0 saturated carbocycles. The number of hydrogen-bond donors (Lipinski definition) is 0. The van der Waals surface area contributed by atoms with Gasteiger partial charge in [0.2, 0.25) is 11.8 Å². The first-order valence-corrected chi connectivity index (χ1v) is 7.54. The number of nitrogens with zero attached hydrogens (tertiary/aromatic N) is 4. The Morgan fingerprint density at radius 2 is 1.95 bits per heavy atom. The number of rotatable bonds is 3. The lowest BCUT2D eigenvalue weighted by atomic mass is 9.95. The molecule has 6 heteroatoms. The van der Waals surface area contributed by atoms with Crippen molar-refractivity contribution in [3.05, 3.63) is 11.7 Å². The molecule has 6 nitrogen and oxygen atoms in total. The predicted octanol–water partition coefficient (Wildman–Crippen LogP) is 1.67. The van der Waals surface area contributed by atoms with E-state index in [0.717, 1.165) is 31.8 Å². The van der Waals surface area contributed by atoms with Crippen LogP contribution >= 0.6 is 0 Å². The highest BCUT2D eigenvalue weighted by Gasteiger charge is 2.27. The van der Waals surface area contributed by atoms with Crippen molar-refractivity contribution in [2.75, 3.05) is 27.2 Å². The third kappa shape index (κ3) is 4.03. The Hall–Kier alpha value is -1.43. The summed E-state index contributed by atoms with van der Waals surface area (Å²) in [4.78, 5) is 20.4. The van der Waals surface area contributed by atoms with Crippen LogP contribution in [0, 0.1) is 5.92 Å². The number of carbonyl (C=O) groups is 1. The van der Waals surface area contributed by atoms with Gasteiger partial charge in [-0.1, -0.05) is 25.9 Å². The van der Waals surface area contributed by atoms with E-state index in [1.807, 2.05) is 14.1 Å². The van der Waals surface area contributed by atoms with Crippen molar-refractivity contribution in [1.29, 1.82) is 0 Å². The molecule has 0 bridgehead atoms. The van der Waals surface area contributed by atoms with Crippen LogP contribution < -0.4 is 0 Å². The van der Waals surface area contributed by atoms with Crippen LogP contribution in [0.1, 0.15) is 45.3 Å². The van der Waals surface area contributed by atoms with E-state index in [2.05, 4.69) is 35.8 Å². The Balaban J connectivity index is 1.86. The summed E-state index contributed by atoms with van der Waals surface area (Å²) >= 11 is 0. The zero-order valence-corrected chi connectivity index (χ0v) is 13.7. The molecule has 0 aliphatic carbocycles. The minimum Gasteiger partial charge on any atom is -0.349 e. The summed E-state index contributed by atoms with van der Waals surface area (Å²) in [5.41, 5.74) is -0.0904. The topological polar surface area (TPSA) is 62.5 Å². The quantitative estimate of drug-likeness (QED) is 0.848. The molecule has 1 aliphatic heterocycles. The molecule has 0 radical (unpaired) electrons. The van der Waals surface area contributed by atoms with Gasteiger partial charge < -0.3 is 9.42 Å². The van der Waals surface area contributed by atoms with Gasteiger partial charge in [0.25, 0.3) is 0 Å². The third-order valence-corrected chi connectivity index (χ3v) is 3.88. The summed E-state index contributed by atoms with van der Waals surface area (Å²) in [6, 6.07) is 0. The molecule has 1 aromatic heterocycles. The van der Waals surface area contributed by atoms with Crippen LogP contribution in [0.25, 0.3) is 0 Å². The van der Waals surface area contributed by atoms with Crippen LogP contribution in [0.2, 0.25) is 0 Å². The van der Waals surface area contributed by atoms with E-state index >= 15 is 0 Å². The van der Waals surface area contributed by atoms with Gasteiger partial charge in [0.05, 0.1) is 6.54 Å². The molecule has 118 valence electrons. The maximum Gasteiger partial charge on any atom is 0.240 e. The average Bonchev–Trinajstić information content (AvgIpc) is 2.87. The maximum absolute atomic E-state index is 11.9. The third-order valence-electron chi connectivity index (χ3n) is 3.88. The zero-order valence-electron chi connectivity index (χ0n) is 13.7. The van der Waals surface area contributed by atoms with Gasteiger partial charge in [0.15, 0.2) is 5.82 Å². The van der Waals surface area contributed by atoms with Crippen molar-refractivity contribution < 1.29 is 9.32 Å². The van der Waals surface area contributed by atoms with Crippen LogP contribution in [-0.4, -0.2) is 53.0 Å². The zero-order chi connectivity index (χ0) is 15.6. The summed E-state index contributed by atoms with van der Waals surface area (Å²) in [5, 5.41) is 4.05. The molecule has 1 fully saturated rings. The van der Waals surface area contributed by atoms with Gasteiger partial charge in [-0.05, 0) is 25.9 Å². The molecule has 0 unspecified atom stereocenters. The fraction of sp³-hybridized carbons (Fsp3) is 0.800. The van der Waals surface area contributed by atoms with Gasteiger partial charge in [-0.25, -0.2) is 0 Å². The average molecular weight is 294 g/mol. The Morgan fingerprint density at radius 1 is 1.33 bits per heavy atom. The molecule has 1 aliphatic rings. The minimum atomic E-state index is -0.0904. The van der Waals surface area contributed by atoms with Crippen molar-refractivity contribution in [2.45, 2.75) is 45.6 Å². The summed E-state index contributed by atoms with van der Waals surface area (Å²) < 4.78 is 5.33. The molecule has 0 aromatic carbocycles. The first kappa shape index (κ1) is 15.9. The summed E-state index contributed by atoms with van der Waals surface area (Å²) in [6.45, 7) is 8.68. The molecule has 2 rings (SSSR count). The Kier molecular flexibility index (Phi) is 4.66. The number of likely N-dealkylation sites (tertiary alicyclic amines) is 1. The van der Waals surface area contributed by atoms with Gasteiger partial charge >= 0.3 is 0 Å². The highest BCUT2D eigenvalue weighted by Crippen LogP contribution is 2.22. The highest BCUT2D eigenvalue weighted by atomic mass is 16.5. The lowest BCUT2D eigenvalue weighted by Crippen LogP contribution is -2.39. The van der Waals surface area contributed by atoms with Gasteiger partial charge in [-0.2, -0.15) is 4.98 Å². The van der Waals surface area contributed by atoms with E-state index in [1.54, 1.807) is 4.90 Å². The van der Waals surface area contributed by atoms with Crippen molar-refractivity contribution in [3.8, 4) is 0 Å². The SMILES string of the molecule is CN(C)C(=O)C1CCN(Cc2nc(C(C)(C)C)no2)CC1. The molecule has 0 atom stereocenters. The molecule has 21 heavy (non-hydrogen) atoms. The van der Waals surface area contributed by atoms with Crippen molar-refractivity contribution >= 4 is 5.91 Å². The number of carbonyl (C=O) groups excluding carboxylic acids is 1. The number of hydrogen-bond acceptors (Lipinski definition) is 5. The lowest BCUT2D eigenvalue weighted by Gasteiger charge is -2.31. The van der Waals surface area contributed by atoms with E-state index < -0.39 is 0 Å². The molecule has 1 aromatic rings. The van der Waals surface area contributed by atoms with Crippen molar-refractivity contribution in [2.24, 2.45) is 5.92 Å².